The molecular formula is C14H23N. The molecule has 2 N–H and O–H groups in total. The molecule has 0 spiro atoms. The minimum absolute atomic E-state index is 0.841. The van der Waals surface area contributed by atoms with Crippen molar-refractivity contribution in [2.24, 2.45) is 5.73 Å². The second-order valence-corrected chi connectivity index (χ2v) is 3.69. The number of hydrogen-bond acceptors (Lipinski definition) is 1. The summed E-state index contributed by atoms with van der Waals surface area (Å²) in [6, 6.07) is 0. The van der Waals surface area contributed by atoms with Gasteiger partial charge in [-0.05, 0) is 38.2 Å². The Balaban J connectivity index is 3.05. The Morgan fingerprint density at radius 2 is 1.40 bits per heavy atom. The molecule has 0 saturated carbocycles. The monoisotopic (exact) mass is 205 g/mol. The lowest BCUT2D eigenvalue weighted by Crippen LogP contribution is -1.97. The van der Waals surface area contributed by atoms with Crippen molar-refractivity contribution in [3.05, 3.63) is 0 Å². The smallest absolute Gasteiger partial charge is 0.00989 e. The van der Waals surface area contributed by atoms with Crippen LogP contribution in [0.25, 0.3) is 0 Å². The van der Waals surface area contributed by atoms with Crippen LogP contribution in [0.15, 0.2) is 0 Å². The van der Waals surface area contributed by atoms with Crippen molar-refractivity contribution in [1.29, 1.82) is 0 Å². The van der Waals surface area contributed by atoms with Gasteiger partial charge in [-0.1, -0.05) is 43.9 Å². The van der Waals surface area contributed by atoms with E-state index in [9.17, 15) is 0 Å². The summed E-state index contributed by atoms with van der Waals surface area (Å²) in [4.78, 5) is 0. The van der Waals surface area contributed by atoms with Crippen LogP contribution >= 0.6 is 0 Å². The van der Waals surface area contributed by atoms with Gasteiger partial charge in [-0.15, -0.1) is 0 Å². The minimum atomic E-state index is 0.841. The van der Waals surface area contributed by atoms with Crippen LogP contribution in [0.2, 0.25) is 0 Å². The molecule has 15 heavy (non-hydrogen) atoms. The van der Waals surface area contributed by atoms with Crippen molar-refractivity contribution in [1.82, 2.24) is 0 Å². The lowest BCUT2D eigenvalue weighted by molar-refractivity contribution is 0.586. The van der Waals surface area contributed by atoms with Crippen molar-refractivity contribution in [3.63, 3.8) is 0 Å². The molecule has 0 radical (unpaired) electrons. The van der Waals surface area contributed by atoms with Crippen LogP contribution in [0.5, 0.6) is 0 Å². The maximum absolute atomic E-state index is 5.42. The third-order valence-corrected chi connectivity index (χ3v) is 2.28. The predicted molar refractivity (Wildman–Crippen MR) is 67.2 cm³/mol. The molecule has 1 nitrogen and oxygen atoms in total. The molecule has 0 rings (SSSR count). The normalized spacial score (nSPS) is 8.67. The molecule has 0 aliphatic carbocycles. The lowest BCUT2D eigenvalue weighted by Gasteiger charge is -1.98. The van der Waals surface area contributed by atoms with Crippen molar-refractivity contribution in [2.75, 3.05) is 6.54 Å². The largest absolute Gasteiger partial charge is 0.330 e. The summed E-state index contributed by atoms with van der Waals surface area (Å²) in [5.41, 5.74) is 5.42. The van der Waals surface area contributed by atoms with Gasteiger partial charge in [0.15, 0.2) is 0 Å². The minimum Gasteiger partial charge on any atom is -0.330 e. The molecule has 0 aromatic heterocycles. The Morgan fingerprint density at radius 3 is 2.00 bits per heavy atom. The fourth-order valence-corrected chi connectivity index (χ4v) is 1.41. The van der Waals surface area contributed by atoms with Gasteiger partial charge in [0, 0.05) is 6.42 Å². The fourth-order valence-electron chi connectivity index (χ4n) is 1.41. The molecule has 0 fully saturated rings. The average molecular weight is 205 g/mol. The summed E-state index contributed by atoms with van der Waals surface area (Å²) in [7, 11) is 0. The van der Waals surface area contributed by atoms with E-state index in [4.69, 9.17) is 5.73 Å². The zero-order valence-corrected chi connectivity index (χ0v) is 9.94. The first-order valence-electron chi connectivity index (χ1n) is 6.01. The molecule has 0 heterocycles. The van der Waals surface area contributed by atoms with Crippen molar-refractivity contribution < 1.29 is 0 Å². The first-order chi connectivity index (χ1) is 7.41. The second kappa shape index (κ2) is 13.1. The summed E-state index contributed by atoms with van der Waals surface area (Å²) < 4.78 is 0. The van der Waals surface area contributed by atoms with Crippen LogP contribution in [0, 0.1) is 23.7 Å². The lowest BCUT2D eigenvalue weighted by atomic mass is 10.1. The molecular weight excluding hydrogens is 182 g/mol. The zero-order valence-electron chi connectivity index (χ0n) is 9.94. The van der Waals surface area contributed by atoms with E-state index >= 15 is 0 Å². The molecule has 0 aliphatic heterocycles. The van der Waals surface area contributed by atoms with Gasteiger partial charge in [0.2, 0.25) is 0 Å². The quantitative estimate of drug-likeness (QED) is 0.478. The standard InChI is InChI=1S/C14H23N/c1-2-3-4-5-6-7-8-9-10-11-12-13-14-15/h6-15H2,1H3. The van der Waals surface area contributed by atoms with E-state index in [2.05, 4.69) is 23.7 Å². The van der Waals surface area contributed by atoms with E-state index < -0.39 is 0 Å². The van der Waals surface area contributed by atoms with Gasteiger partial charge in [-0.3, -0.25) is 0 Å². The molecule has 0 amide bonds. The van der Waals surface area contributed by atoms with Gasteiger partial charge in [-0.25, -0.2) is 0 Å². The third kappa shape index (κ3) is 13.1. The Morgan fingerprint density at radius 1 is 0.800 bits per heavy atom. The van der Waals surface area contributed by atoms with Gasteiger partial charge in [0.1, 0.15) is 0 Å². The van der Waals surface area contributed by atoms with E-state index in [0.29, 0.717) is 0 Å². The van der Waals surface area contributed by atoms with Crippen molar-refractivity contribution in [3.8, 4) is 23.7 Å². The topological polar surface area (TPSA) is 26.0 Å². The molecule has 1 heteroatoms. The van der Waals surface area contributed by atoms with Crippen LogP contribution in [0.4, 0.5) is 0 Å². The Labute approximate surface area is 94.8 Å². The summed E-state index contributed by atoms with van der Waals surface area (Å²) in [5.74, 6) is 11.4. The molecule has 0 aromatic carbocycles. The SMILES string of the molecule is CC#CC#CCCCCCCCCCN. The number of nitrogens with two attached hydrogens (primary N) is 1. The number of unbranched alkanes of at least 4 members (excludes halogenated alkanes) is 7. The molecule has 0 saturated heterocycles. The number of hydrogen-bond donors (Lipinski definition) is 1. The molecule has 84 valence electrons. The van der Waals surface area contributed by atoms with Gasteiger partial charge in [0.25, 0.3) is 0 Å². The molecule has 0 aliphatic rings. The summed E-state index contributed by atoms with van der Waals surface area (Å²) in [5, 5.41) is 0. The molecule has 0 atom stereocenters. The average Bonchev–Trinajstić information content (AvgIpc) is 2.26. The fraction of sp³-hybridized carbons (Fsp3) is 0.714. The van der Waals surface area contributed by atoms with Gasteiger partial charge in [-0.2, -0.15) is 0 Å². The Hall–Kier alpha value is -0.920. The molecule has 0 bridgehead atoms. The molecule has 0 aromatic rings. The van der Waals surface area contributed by atoms with Crippen LogP contribution in [0.1, 0.15) is 58.3 Å². The highest BCUT2D eigenvalue weighted by atomic mass is 14.5. The summed E-state index contributed by atoms with van der Waals surface area (Å²) >= 11 is 0. The van der Waals surface area contributed by atoms with Crippen molar-refractivity contribution in [2.45, 2.75) is 58.3 Å². The highest BCUT2D eigenvalue weighted by Gasteiger charge is 1.89. The van der Waals surface area contributed by atoms with Gasteiger partial charge in [0.05, 0.1) is 0 Å². The summed E-state index contributed by atoms with van der Waals surface area (Å²) in [6.45, 7) is 2.66. The maximum atomic E-state index is 5.42. The zero-order chi connectivity index (χ0) is 11.2. The van der Waals surface area contributed by atoms with Crippen LogP contribution in [0.3, 0.4) is 0 Å². The Kier molecular flexibility index (Phi) is 12.3. The van der Waals surface area contributed by atoms with Gasteiger partial charge >= 0.3 is 0 Å². The van der Waals surface area contributed by atoms with E-state index in [1.54, 1.807) is 0 Å². The number of rotatable bonds is 8. The van der Waals surface area contributed by atoms with E-state index in [1.807, 2.05) is 6.92 Å². The predicted octanol–water partition coefficient (Wildman–Crippen LogP) is 3.09. The van der Waals surface area contributed by atoms with Crippen molar-refractivity contribution >= 4 is 0 Å². The van der Waals surface area contributed by atoms with Gasteiger partial charge < -0.3 is 5.73 Å². The maximum Gasteiger partial charge on any atom is 0.00989 e. The van der Waals surface area contributed by atoms with E-state index in [-0.39, 0.29) is 0 Å². The summed E-state index contributed by atoms with van der Waals surface area (Å²) in [6.07, 6.45) is 10.0. The van der Waals surface area contributed by atoms with E-state index in [1.165, 1.54) is 44.9 Å². The van der Waals surface area contributed by atoms with E-state index in [0.717, 1.165) is 13.0 Å². The first-order valence-corrected chi connectivity index (χ1v) is 6.01. The van der Waals surface area contributed by atoms with Crippen LogP contribution in [-0.2, 0) is 0 Å². The highest BCUT2D eigenvalue weighted by Crippen LogP contribution is 2.07. The van der Waals surface area contributed by atoms with Crippen LogP contribution < -0.4 is 5.73 Å². The highest BCUT2D eigenvalue weighted by molar-refractivity contribution is 5.24. The Bertz CT molecular complexity index is 234. The van der Waals surface area contributed by atoms with Crippen LogP contribution in [-0.4, -0.2) is 6.54 Å². The molecule has 0 unspecified atom stereocenters. The first kappa shape index (κ1) is 14.1. The second-order valence-electron chi connectivity index (χ2n) is 3.69. The third-order valence-electron chi connectivity index (χ3n) is 2.28.